The van der Waals surface area contributed by atoms with Crippen molar-refractivity contribution in [3.05, 3.63) is 59.7 Å². The number of piperidine rings is 1. The van der Waals surface area contributed by atoms with E-state index in [9.17, 15) is 22.4 Å². The van der Waals surface area contributed by atoms with Crippen molar-refractivity contribution in [2.24, 2.45) is 5.92 Å². The summed E-state index contributed by atoms with van der Waals surface area (Å²) in [6, 6.07) is 7.35. The van der Waals surface area contributed by atoms with E-state index in [-0.39, 0.29) is 23.3 Å². The van der Waals surface area contributed by atoms with Gasteiger partial charge in [-0.2, -0.15) is 13.2 Å². The van der Waals surface area contributed by atoms with Gasteiger partial charge in [-0.15, -0.1) is 0 Å². The molecule has 4 nitrogen and oxygen atoms in total. The van der Waals surface area contributed by atoms with Gasteiger partial charge >= 0.3 is 6.18 Å². The Labute approximate surface area is 172 Å². The summed E-state index contributed by atoms with van der Waals surface area (Å²) >= 11 is 0. The second-order valence-electron chi connectivity index (χ2n) is 8.65. The SMILES string of the molecule is CC1(C)C[C@@H]2CN(C(=O)c3cnccc3C(F)(F)F)CC[C@@H]2N1c1ccc(F)cc1. The quantitative estimate of drug-likeness (QED) is 0.656. The molecule has 30 heavy (non-hydrogen) atoms. The number of benzene rings is 1. The number of alkyl halides is 3. The van der Waals surface area contributed by atoms with Crippen molar-refractivity contribution in [2.75, 3.05) is 18.0 Å². The summed E-state index contributed by atoms with van der Waals surface area (Å²) in [6.07, 6.45) is -1.13. The molecule has 0 N–H and O–H groups in total. The van der Waals surface area contributed by atoms with Crippen molar-refractivity contribution in [1.82, 2.24) is 9.88 Å². The fourth-order valence-corrected chi connectivity index (χ4v) is 5.06. The van der Waals surface area contributed by atoms with Crippen LogP contribution in [-0.4, -0.2) is 40.5 Å². The van der Waals surface area contributed by atoms with E-state index in [4.69, 9.17) is 0 Å². The third kappa shape index (κ3) is 3.63. The van der Waals surface area contributed by atoms with E-state index >= 15 is 0 Å². The lowest BCUT2D eigenvalue weighted by Gasteiger charge is -2.42. The number of carbonyl (C=O) groups is 1. The van der Waals surface area contributed by atoms with Crippen molar-refractivity contribution in [2.45, 2.75) is 44.4 Å². The van der Waals surface area contributed by atoms with Crippen LogP contribution in [0.3, 0.4) is 0 Å². The molecule has 0 radical (unpaired) electrons. The first kappa shape index (κ1) is 20.6. The molecule has 0 unspecified atom stereocenters. The van der Waals surface area contributed by atoms with Crippen LogP contribution in [0, 0.1) is 11.7 Å². The van der Waals surface area contributed by atoms with Gasteiger partial charge in [-0.25, -0.2) is 4.39 Å². The van der Waals surface area contributed by atoms with E-state index < -0.39 is 23.2 Å². The summed E-state index contributed by atoms with van der Waals surface area (Å²) in [7, 11) is 0. The maximum absolute atomic E-state index is 13.4. The minimum atomic E-state index is -4.61. The zero-order valence-electron chi connectivity index (χ0n) is 16.8. The first-order valence-corrected chi connectivity index (χ1v) is 9.93. The first-order chi connectivity index (χ1) is 14.1. The van der Waals surface area contributed by atoms with Gasteiger partial charge in [-0.1, -0.05) is 0 Å². The highest BCUT2D eigenvalue weighted by molar-refractivity contribution is 5.95. The fourth-order valence-electron chi connectivity index (χ4n) is 5.06. The van der Waals surface area contributed by atoms with Crippen LogP contribution in [0.4, 0.5) is 23.2 Å². The van der Waals surface area contributed by atoms with Crippen molar-refractivity contribution < 1.29 is 22.4 Å². The Balaban J connectivity index is 1.57. The zero-order chi connectivity index (χ0) is 21.7. The second kappa shape index (κ2) is 7.25. The molecule has 0 spiro atoms. The van der Waals surface area contributed by atoms with Crippen LogP contribution in [0.2, 0.25) is 0 Å². The molecule has 3 heterocycles. The van der Waals surface area contributed by atoms with Gasteiger partial charge in [0, 0.05) is 42.8 Å². The lowest BCUT2D eigenvalue weighted by molar-refractivity contribution is -0.138. The lowest BCUT2D eigenvalue weighted by Crippen LogP contribution is -2.50. The van der Waals surface area contributed by atoms with Gasteiger partial charge in [0.05, 0.1) is 11.1 Å². The van der Waals surface area contributed by atoms with Crippen LogP contribution in [0.25, 0.3) is 0 Å². The molecule has 1 aromatic carbocycles. The number of hydrogen-bond donors (Lipinski definition) is 0. The van der Waals surface area contributed by atoms with Crippen LogP contribution in [0.5, 0.6) is 0 Å². The molecule has 2 atom stereocenters. The van der Waals surface area contributed by atoms with Gasteiger partial charge in [-0.3, -0.25) is 9.78 Å². The van der Waals surface area contributed by atoms with Gasteiger partial charge in [0.15, 0.2) is 0 Å². The zero-order valence-corrected chi connectivity index (χ0v) is 16.8. The van der Waals surface area contributed by atoms with E-state index in [2.05, 4.69) is 23.7 Å². The maximum Gasteiger partial charge on any atom is 0.417 e. The Kier molecular flexibility index (Phi) is 4.98. The molecule has 1 amide bonds. The maximum atomic E-state index is 13.4. The normalized spacial score (nSPS) is 23.4. The third-order valence-corrected chi connectivity index (χ3v) is 6.19. The number of halogens is 4. The summed E-state index contributed by atoms with van der Waals surface area (Å²) in [5.74, 6) is -0.815. The number of fused-ring (bicyclic) bond motifs is 1. The summed E-state index contributed by atoms with van der Waals surface area (Å²) in [4.78, 5) is 20.5. The number of nitrogens with zero attached hydrogens (tertiary/aromatic N) is 3. The Morgan fingerprint density at radius 3 is 2.53 bits per heavy atom. The smallest absolute Gasteiger partial charge is 0.363 e. The van der Waals surface area contributed by atoms with Crippen molar-refractivity contribution >= 4 is 11.6 Å². The molecule has 2 aromatic rings. The summed E-state index contributed by atoms with van der Waals surface area (Å²) < 4.78 is 53.4. The largest absolute Gasteiger partial charge is 0.417 e. The average Bonchev–Trinajstić information content (AvgIpc) is 2.96. The number of pyridine rings is 1. The van der Waals surface area contributed by atoms with Crippen LogP contribution in [-0.2, 0) is 6.18 Å². The molecule has 2 aliphatic rings. The molecule has 2 aliphatic heterocycles. The molecule has 4 rings (SSSR count). The van der Waals surface area contributed by atoms with Crippen LogP contribution >= 0.6 is 0 Å². The Hall–Kier alpha value is -2.64. The molecular formula is C22H23F4N3O. The molecule has 2 fully saturated rings. The molecule has 2 saturated heterocycles. The summed E-state index contributed by atoms with van der Waals surface area (Å²) in [6.45, 7) is 4.95. The summed E-state index contributed by atoms with van der Waals surface area (Å²) in [5.41, 5.74) is -0.654. The highest BCUT2D eigenvalue weighted by atomic mass is 19.4. The highest BCUT2D eigenvalue weighted by Crippen LogP contribution is 2.45. The average molecular weight is 421 g/mol. The molecule has 1 aromatic heterocycles. The number of likely N-dealkylation sites (tertiary alicyclic amines) is 1. The van der Waals surface area contributed by atoms with Crippen molar-refractivity contribution in [3.63, 3.8) is 0 Å². The molecule has 0 aliphatic carbocycles. The number of anilines is 1. The van der Waals surface area contributed by atoms with Gasteiger partial charge in [0.1, 0.15) is 5.82 Å². The van der Waals surface area contributed by atoms with Crippen LogP contribution < -0.4 is 4.90 Å². The number of amides is 1. The van der Waals surface area contributed by atoms with E-state index in [1.165, 1.54) is 17.0 Å². The minimum Gasteiger partial charge on any atom is -0.363 e. The standard InChI is InChI=1S/C22H23F4N3O/c1-21(2)11-14-13-28(20(30)17-12-27-9-7-18(17)22(24,25)26)10-8-19(14)29(21)16-5-3-15(23)4-6-16/h3-7,9,12,14,19H,8,10-11,13H2,1-2H3/t14-,19+/m1/s1. The van der Waals surface area contributed by atoms with E-state index in [0.29, 0.717) is 19.5 Å². The molecule has 0 saturated carbocycles. The summed E-state index contributed by atoms with van der Waals surface area (Å²) in [5, 5.41) is 0. The van der Waals surface area contributed by atoms with E-state index in [1.807, 2.05) is 0 Å². The second-order valence-corrected chi connectivity index (χ2v) is 8.65. The van der Waals surface area contributed by atoms with E-state index in [0.717, 1.165) is 30.6 Å². The van der Waals surface area contributed by atoms with Gasteiger partial charge < -0.3 is 9.80 Å². The minimum absolute atomic E-state index is 0.119. The molecule has 0 bridgehead atoms. The number of hydrogen-bond acceptors (Lipinski definition) is 3. The van der Waals surface area contributed by atoms with E-state index in [1.54, 1.807) is 12.1 Å². The van der Waals surface area contributed by atoms with Crippen molar-refractivity contribution in [3.8, 4) is 0 Å². The predicted octanol–water partition coefficient (Wildman–Crippen LogP) is 4.76. The van der Waals surface area contributed by atoms with Gasteiger partial charge in [0.25, 0.3) is 5.91 Å². The topological polar surface area (TPSA) is 36.4 Å². The number of carbonyl (C=O) groups excluding carboxylic acids is 1. The van der Waals surface area contributed by atoms with Crippen molar-refractivity contribution in [1.29, 1.82) is 0 Å². The monoisotopic (exact) mass is 421 g/mol. The molecular weight excluding hydrogens is 398 g/mol. The Morgan fingerprint density at radius 1 is 1.17 bits per heavy atom. The fraction of sp³-hybridized carbons (Fsp3) is 0.455. The number of aromatic nitrogens is 1. The third-order valence-electron chi connectivity index (χ3n) is 6.19. The van der Waals surface area contributed by atoms with Crippen LogP contribution in [0.15, 0.2) is 42.7 Å². The van der Waals surface area contributed by atoms with Crippen LogP contribution in [0.1, 0.15) is 42.6 Å². The van der Waals surface area contributed by atoms with Gasteiger partial charge in [0.2, 0.25) is 0 Å². The Bertz CT molecular complexity index is 942. The first-order valence-electron chi connectivity index (χ1n) is 9.93. The Morgan fingerprint density at radius 2 is 1.87 bits per heavy atom. The lowest BCUT2D eigenvalue weighted by atomic mass is 9.89. The van der Waals surface area contributed by atoms with Gasteiger partial charge in [-0.05, 0) is 62.9 Å². The number of rotatable bonds is 2. The highest BCUT2D eigenvalue weighted by Gasteiger charge is 2.49. The predicted molar refractivity (Wildman–Crippen MR) is 105 cm³/mol. The molecule has 160 valence electrons. The molecule has 8 heteroatoms.